The molecule has 0 spiro atoms. The number of rotatable bonds is 3. The molecule has 2 amide bonds. The van der Waals surface area contributed by atoms with Gasteiger partial charge in [-0.3, -0.25) is 19.7 Å². The maximum atomic E-state index is 11.3. The molecule has 0 aliphatic rings. The molecule has 0 bridgehead atoms. The normalized spacial score (nSPS) is 9.53. The lowest BCUT2D eigenvalue weighted by atomic mass is 10.1. The molecule has 7 nitrogen and oxygen atoms in total. The van der Waals surface area contributed by atoms with E-state index in [9.17, 15) is 19.7 Å². The smallest absolute Gasteiger partial charge is 0.293 e. The number of nitrogens with one attached hydrogen (secondary N) is 2. The van der Waals surface area contributed by atoms with Crippen LogP contribution in [-0.2, 0) is 4.79 Å². The molecule has 0 saturated carbocycles. The molecule has 17 heavy (non-hydrogen) atoms. The fraction of sp³-hybridized carbons (Fsp3) is 0.200. The summed E-state index contributed by atoms with van der Waals surface area (Å²) in [5.41, 5.74) is -0.0928. The Morgan fingerprint density at radius 2 is 2.00 bits per heavy atom. The predicted molar refractivity (Wildman–Crippen MR) is 60.8 cm³/mol. The summed E-state index contributed by atoms with van der Waals surface area (Å²) in [6, 6.07) is 3.84. The average Bonchev–Trinajstić information content (AvgIpc) is 2.27. The minimum absolute atomic E-state index is 0.0650. The second-order valence-corrected chi connectivity index (χ2v) is 3.25. The molecule has 1 rings (SSSR count). The molecule has 2 N–H and O–H groups in total. The first kappa shape index (κ1) is 12.6. The quantitative estimate of drug-likeness (QED) is 0.602. The van der Waals surface area contributed by atoms with Gasteiger partial charge in [0.25, 0.3) is 11.6 Å². The topological polar surface area (TPSA) is 101 Å². The third-order valence-corrected chi connectivity index (χ3v) is 1.99. The lowest BCUT2D eigenvalue weighted by Crippen LogP contribution is -2.18. The van der Waals surface area contributed by atoms with E-state index in [-0.39, 0.29) is 16.9 Å². The molecule has 90 valence electrons. The summed E-state index contributed by atoms with van der Waals surface area (Å²) < 4.78 is 0. The molecule has 0 fully saturated rings. The highest BCUT2D eigenvalue weighted by atomic mass is 16.6. The average molecular weight is 237 g/mol. The van der Waals surface area contributed by atoms with Crippen molar-refractivity contribution in [2.45, 2.75) is 6.92 Å². The Balaban J connectivity index is 3.21. The van der Waals surface area contributed by atoms with Crippen LogP contribution < -0.4 is 10.6 Å². The van der Waals surface area contributed by atoms with E-state index < -0.39 is 16.7 Å². The first-order chi connectivity index (χ1) is 7.95. The Bertz CT molecular complexity index is 484. The lowest BCUT2D eigenvalue weighted by molar-refractivity contribution is -0.384. The number of hydrogen-bond donors (Lipinski definition) is 2. The molecule has 0 heterocycles. The third kappa shape index (κ3) is 3.00. The van der Waals surface area contributed by atoms with Crippen molar-refractivity contribution in [3.8, 4) is 0 Å². The molecule has 0 radical (unpaired) electrons. The molecular weight excluding hydrogens is 226 g/mol. The van der Waals surface area contributed by atoms with Crippen LogP contribution in [0, 0.1) is 10.1 Å². The zero-order chi connectivity index (χ0) is 13.0. The van der Waals surface area contributed by atoms with E-state index in [0.29, 0.717) is 0 Å². The molecule has 0 atom stereocenters. The van der Waals surface area contributed by atoms with Crippen molar-refractivity contribution in [2.75, 3.05) is 12.4 Å². The second kappa shape index (κ2) is 5.06. The standard InChI is InChI=1S/C10H11N3O4/c1-6(14)12-8-4-3-7(10(15)11-2)5-9(8)13(16)17/h3-5H,1-2H3,(H,11,15)(H,12,14). The molecule has 1 aromatic rings. The van der Waals surface area contributed by atoms with Crippen LogP contribution in [0.15, 0.2) is 18.2 Å². The monoisotopic (exact) mass is 237 g/mol. The fourth-order valence-electron chi connectivity index (χ4n) is 1.26. The lowest BCUT2D eigenvalue weighted by Gasteiger charge is -2.05. The maximum Gasteiger partial charge on any atom is 0.293 e. The van der Waals surface area contributed by atoms with Crippen molar-refractivity contribution in [1.29, 1.82) is 0 Å². The van der Waals surface area contributed by atoms with E-state index in [1.54, 1.807) is 0 Å². The number of nitrogens with zero attached hydrogens (tertiary/aromatic N) is 1. The van der Waals surface area contributed by atoms with Crippen LogP contribution in [0.3, 0.4) is 0 Å². The van der Waals surface area contributed by atoms with Gasteiger partial charge in [-0.1, -0.05) is 0 Å². The van der Waals surface area contributed by atoms with Crippen LogP contribution >= 0.6 is 0 Å². The number of nitro benzene ring substituents is 1. The molecular formula is C10H11N3O4. The van der Waals surface area contributed by atoms with Crippen LogP contribution in [0.1, 0.15) is 17.3 Å². The van der Waals surface area contributed by atoms with Crippen LogP contribution in [0.25, 0.3) is 0 Å². The van der Waals surface area contributed by atoms with Crippen LogP contribution in [-0.4, -0.2) is 23.8 Å². The van der Waals surface area contributed by atoms with E-state index in [1.165, 1.54) is 26.1 Å². The zero-order valence-corrected chi connectivity index (χ0v) is 9.31. The number of anilines is 1. The third-order valence-electron chi connectivity index (χ3n) is 1.99. The van der Waals surface area contributed by atoms with Gasteiger partial charge in [0.1, 0.15) is 5.69 Å². The number of nitro groups is 1. The number of benzene rings is 1. The molecule has 0 aliphatic heterocycles. The Kier molecular flexibility index (Phi) is 3.76. The van der Waals surface area contributed by atoms with Crippen molar-refractivity contribution >= 4 is 23.2 Å². The number of carbonyl (C=O) groups excluding carboxylic acids is 2. The van der Waals surface area contributed by atoms with Gasteiger partial charge in [-0.2, -0.15) is 0 Å². The van der Waals surface area contributed by atoms with Crippen molar-refractivity contribution in [2.24, 2.45) is 0 Å². The predicted octanol–water partition coefficient (Wildman–Crippen LogP) is 0.913. The molecule has 0 unspecified atom stereocenters. The van der Waals surface area contributed by atoms with Gasteiger partial charge in [-0.15, -0.1) is 0 Å². The van der Waals surface area contributed by atoms with Crippen LogP contribution in [0.2, 0.25) is 0 Å². The zero-order valence-electron chi connectivity index (χ0n) is 9.31. The molecule has 1 aromatic carbocycles. The van der Waals surface area contributed by atoms with Gasteiger partial charge in [0.05, 0.1) is 4.92 Å². The first-order valence-electron chi connectivity index (χ1n) is 4.74. The molecule has 0 aliphatic carbocycles. The summed E-state index contributed by atoms with van der Waals surface area (Å²) in [5, 5.41) is 15.5. The Morgan fingerprint density at radius 3 is 2.47 bits per heavy atom. The van der Waals surface area contributed by atoms with Gasteiger partial charge in [-0.25, -0.2) is 0 Å². The molecule has 7 heteroatoms. The minimum Gasteiger partial charge on any atom is -0.355 e. The van der Waals surface area contributed by atoms with Crippen molar-refractivity contribution < 1.29 is 14.5 Å². The number of amides is 2. The summed E-state index contributed by atoms with van der Waals surface area (Å²) >= 11 is 0. The number of hydrogen-bond acceptors (Lipinski definition) is 4. The Hall–Kier alpha value is -2.44. The molecule has 0 aromatic heterocycles. The second-order valence-electron chi connectivity index (χ2n) is 3.25. The highest BCUT2D eigenvalue weighted by Crippen LogP contribution is 2.25. The van der Waals surface area contributed by atoms with Gasteiger partial charge in [0, 0.05) is 25.6 Å². The van der Waals surface area contributed by atoms with Gasteiger partial charge in [-0.05, 0) is 12.1 Å². The van der Waals surface area contributed by atoms with Crippen LogP contribution in [0.4, 0.5) is 11.4 Å². The summed E-state index contributed by atoms with van der Waals surface area (Å²) in [4.78, 5) is 32.3. The summed E-state index contributed by atoms with van der Waals surface area (Å²) in [5.74, 6) is -0.844. The van der Waals surface area contributed by atoms with Crippen molar-refractivity contribution in [3.05, 3.63) is 33.9 Å². The highest BCUT2D eigenvalue weighted by molar-refractivity contribution is 5.97. The SMILES string of the molecule is CNC(=O)c1ccc(NC(C)=O)c([N+](=O)[O-])c1. The van der Waals surface area contributed by atoms with E-state index >= 15 is 0 Å². The summed E-state index contributed by atoms with van der Waals surface area (Å²) in [7, 11) is 1.43. The van der Waals surface area contributed by atoms with E-state index in [0.717, 1.165) is 6.07 Å². The van der Waals surface area contributed by atoms with Crippen molar-refractivity contribution in [3.63, 3.8) is 0 Å². The number of carbonyl (C=O) groups is 2. The van der Waals surface area contributed by atoms with Crippen molar-refractivity contribution in [1.82, 2.24) is 5.32 Å². The van der Waals surface area contributed by atoms with E-state index in [4.69, 9.17) is 0 Å². The van der Waals surface area contributed by atoms with E-state index in [1.807, 2.05) is 0 Å². The van der Waals surface area contributed by atoms with Gasteiger partial charge in [0.15, 0.2) is 0 Å². The largest absolute Gasteiger partial charge is 0.355 e. The summed E-state index contributed by atoms with van der Waals surface area (Å²) in [6.07, 6.45) is 0. The Labute approximate surface area is 97.0 Å². The summed E-state index contributed by atoms with van der Waals surface area (Å²) in [6.45, 7) is 1.25. The molecule has 0 saturated heterocycles. The minimum atomic E-state index is -0.655. The Morgan fingerprint density at radius 1 is 1.35 bits per heavy atom. The van der Waals surface area contributed by atoms with E-state index in [2.05, 4.69) is 10.6 Å². The van der Waals surface area contributed by atoms with Gasteiger partial charge < -0.3 is 10.6 Å². The highest BCUT2D eigenvalue weighted by Gasteiger charge is 2.17. The fourth-order valence-corrected chi connectivity index (χ4v) is 1.26. The van der Waals surface area contributed by atoms with Gasteiger partial charge >= 0.3 is 0 Å². The first-order valence-corrected chi connectivity index (χ1v) is 4.74. The maximum absolute atomic E-state index is 11.3. The van der Waals surface area contributed by atoms with Crippen LogP contribution in [0.5, 0.6) is 0 Å². The van der Waals surface area contributed by atoms with Gasteiger partial charge in [0.2, 0.25) is 5.91 Å².